The average Bonchev–Trinajstić information content (AvgIpc) is 3.02. The zero-order valence-corrected chi connectivity index (χ0v) is 18.8. The van der Waals surface area contributed by atoms with E-state index in [0.29, 0.717) is 16.5 Å². The second-order valence-electron chi connectivity index (χ2n) is 8.51. The predicted octanol–water partition coefficient (Wildman–Crippen LogP) is 4.66. The monoisotopic (exact) mass is 450 g/mol. The molecule has 0 bridgehead atoms. The summed E-state index contributed by atoms with van der Waals surface area (Å²) in [5, 5.41) is 14.1. The van der Waals surface area contributed by atoms with Gasteiger partial charge in [-0.25, -0.2) is 0 Å². The molecule has 30 heavy (non-hydrogen) atoms. The Morgan fingerprint density at radius 1 is 1.27 bits per heavy atom. The summed E-state index contributed by atoms with van der Waals surface area (Å²) >= 11 is 12.7. The van der Waals surface area contributed by atoms with Crippen LogP contribution in [0.5, 0.6) is 11.5 Å². The summed E-state index contributed by atoms with van der Waals surface area (Å²) in [4.78, 5) is 2.18. The fourth-order valence-electron chi connectivity index (χ4n) is 4.30. The highest BCUT2D eigenvalue weighted by molar-refractivity contribution is 6.36. The highest BCUT2D eigenvalue weighted by Crippen LogP contribution is 2.43. The molecule has 2 unspecified atom stereocenters. The number of rotatable bonds is 6. The van der Waals surface area contributed by atoms with E-state index in [4.69, 9.17) is 32.7 Å². The number of aliphatic hydroxyl groups is 1. The molecule has 7 heteroatoms. The van der Waals surface area contributed by atoms with Crippen molar-refractivity contribution in [1.29, 1.82) is 0 Å². The summed E-state index contributed by atoms with van der Waals surface area (Å²) in [6, 6.07) is 11.6. The molecule has 0 radical (unpaired) electrons. The third-order valence-corrected chi connectivity index (χ3v) is 6.14. The van der Waals surface area contributed by atoms with Crippen LogP contribution >= 0.6 is 23.2 Å². The van der Waals surface area contributed by atoms with Crippen molar-refractivity contribution in [2.24, 2.45) is 0 Å². The minimum atomic E-state index is -0.303. The first kappa shape index (κ1) is 21.6. The predicted molar refractivity (Wildman–Crippen MR) is 121 cm³/mol. The van der Waals surface area contributed by atoms with Gasteiger partial charge in [-0.05, 0) is 51.0 Å². The van der Waals surface area contributed by atoms with E-state index in [-0.39, 0.29) is 24.5 Å². The van der Waals surface area contributed by atoms with Gasteiger partial charge < -0.3 is 24.8 Å². The van der Waals surface area contributed by atoms with Crippen molar-refractivity contribution < 1.29 is 14.6 Å². The van der Waals surface area contributed by atoms with Crippen molar-refractivity contribution in [1.82, 2.24) is 5.32 Å². The number of fused-ring (bicyclic) bond motifs is 1. The smallest absolute Gasteiger partial charge is 0.188 e. The third kappa shape index (κ3) is 4.50. The number of aliphatic hydroxyl groups excluding tert-OH is 1. The number of nitrogens with zero attached hydrogens (tertiary/aromatic N) is 1. The van der Waals surface area contributed by atoms with Crippen LogP contribution in [0.2, 0.25) is 10.0 Å². The van der Waals surface area contributed by atoms with E-state index in [1.54, 1.807) is 6.07 Å². The van der Waals surface area contributed by atoms with Gasteiger partial charge in [0.25, 0.3) is 0 Å². The number of halogens is 2. The molecule has 2 aromatic rings. The zero-order chi connectivity index (χ0) is 21.3. The molecular weight excluding hydrogens is 423 g/mol. The molecule has 0 spiro atoms. The maximum atomic E-state index is 9.38. The summed E-state index contributed by atoms with van der Waals surface area (Å²) < 4.78 is 12.8. The number of hydrogen-bond donors (Lipinski definition) is 2. The van der Waals surface area contributed by atoms with E-state index >= 15 is 0 Å². The molecular formula is C23H28Cl2N2O3. The van der Waals surface area contributed by atoms with Crippen molar-refractivity contribution >= 4 is 28.9 Å². The zero-order valence-electron chi connectivity index (χ0n) is 17.3. The van der Waals surface area contributed by atoms with E-state index in [2.05, 4.69) is 30.1 Å². The molecule has 2 aliphatic heterocycles. The van der Waals surface area contributed by atoms with Crippen molar-refractivity contribution in [2.75, 3.05) is 24.6 Å². The van der Waals surface area contributed by atoms with Gasteiger partial charge in [0, 0.05) is 36.7 Å². The second kappa shape index (κ2) is 8.83. The minimum absolute atomic E-state index is 0.0305. The van der Waals surface area contributed by atoms with Crippen molar-refractivity contribution in [2.45, 2.75) is 51.0 Å². The molecule has 2 heterocycles. The Bertz CT molecular complexity index is 906. The van der Waals surface area contributed by atoms with E-state index in [1.807, 2.05) is 24.3 Å². The van der Waals surface area contributed by atoms with Crippen LogP contribution in [0.3, 0.4) is 0 Å². The number of nitrogens with one attached hydrogen (secondary N) is 1. The molecule has 2 aromatic carbocycles. The average molecular weight is 451 g/mol. The van der Waals surface area contributed by atoms with Crippen molar-refractivity contribution in [3.63, 3.8) is 0 Å². The molecule has 2 aliphatic rings. The Balaban J connectivity index is 1.68. The normalized spacial score (nSPS) is 22.5. The summed E-state index contributed by atoms with van der Waals surface area (Å²) in [6.45, 7) is 5.85. The van der Waals surface area contributed by atoms with Gasteiger partial charge in [-0.1, -0.05) is 35.3 Å². The van der Waals surface area contributed by atoms with Crippen LogP contribution in [0.25, 0.3) is 0 Å². The van der Waals surface area contributed by atoms with Gasteiger partial charge in [0.2, 0.25) is 0 Å². The van der Waals surface area contributed by atoms with E-state index in [1.165, 1.54) is 0 Å². The van der Waals surface area contributed by atoms with E-state index in [0.717, 1.165) is 48.7 Å². The van der Waals surface area contributed by atoms with Gasteiger partial charge in [-0.15, -0.1) is 0 Å². The molecule has 0 saturated carbocycles. The summed E-state index contributed by atoms with van der Waals surface area (Å²) in [5.74, 6) is 1.55. The Morgan fingerprint density at radius 3 is 2.87 bits per heavy atom. The lowest BCUT2D eigenvalue weighted by molar-refractivity contribution is 0.100. The molecule has 2 N–H and O–H groups in total. The van der Waals surface area contributed by atoms with Crippen LogP contribution in [-0.2, 0) is 6.42 Å². The lowest BCUT2D eigenvalue weighted by atomic mass is 10.0. The van der Waals surface area contributed by atoms with E-state index in [9.17, 15) is 5.11 Å². The molecule has 5 nitrogen and oxygen atoms in total. The Labute approximate surface area is 187 Å². The minimum Gasteiger partial charge on any atom is -0.483 e. The SMILES string of the molecule is CC1(C)Cc2cccc(OC3C(CCCO)NCCN3c3ccc(Cl)cc3Cl)c2O1. The molecule has 2 atom stereocenters. The molecule has 1 saturated heterocycles. The van der Waals surface area contributed by atoms with E-state index < -0.39 is 0 Å². The maximum Gasteiger partial charge on any atom is 0.188 e. The van der Waals surface area contributed by atoms with Crippen LogP contribution in [0.15, 0.2) is 36.4 Å². The number of anilines is 1. The first-order valence-corrected chi connectivity index (χ1v) is 11.2. The molecule has 162 valence electrons. The topological polar surface area (TPSA) is 54.0 Å². The lowest BCUT2D eigenvalue weighted by Gasteiger charge is -2.43. The fourth-order valence-corrected chi connectivity index (χ4v) is 4.82. The quantitative estimate of drug-likeness (QED) is 0.669. The molecule has 0 amide bonds. The number of para-hydroxylation sites is 1. The molecule has 0 aromatic heterocycles. The first-order valence-electron chi connectivity index (χ1n) is 10.4. The maximum absolute atomic E-state index is 9.38. The molecule has 0 aliphatic carbocycles. The summed E-state index contributed by atoms with van der Waals surface area (Å²) in [7, 11) is 0. The third-order valence-electron chi connectivity index (χ3n) is 5.61. The lowest BCUT2D eigenvalue weighted by Crippen LogP contribution is -2.60. The number of benzene rings is 2. The Morgan fingerprint density at radius 2 is 2.10 bits per heavy atom. The van der Waals surface area contributed by atoms with Crippen LogP contribution in [0.1, 0.15) is 32.3 Å². The first-order chi connectivity index (χ1) is 14.4. The van der Waals surface area contributed by atoms with Crippen LogP contribution < -0.4 is 19.7 Å². The van der Waals surface area contributed by atoms with Gasteiger partial charge in [0.15, 0.2) is 17.7 Å². The molecule has 1 fully saturated rings. The number of ether oxygens (including phenoxy) is 2. The van der Waals surface area contributed by atoms with Crippen LogP contribution in [0, 0.1) is 0 Å². The fraction of sp³-hybridized carbons (Fsp3) is 0.478. The van der Waals surface area contributed by atoms with Crippen molar-refractivity contribution in [3.8, 4) is 11.5 Å². The molecule has 4 rings (SSSR count). The van der Waals surface area contributed by atoms with Crippen molar-refractivity contribution in [3.05, 3.63) is 52.0 Å². The highest BCUT2D eigenvalue weighted by Gasteiger charge is 2.37. The van der Waals surface area contributed by atoms with Gasteiger partial charge in [-0.3, -0.25) is 0 Å². The summed E-state index contributed by atoms with van der Waals surface area (Å²) in [5.41, 5.74) is 1.79. The number of hydrogen-bond acceptors (Lipinski definition) is 5. The second-order valence-corrected chi connectivity index (χ2v) is 9.35. The Kier molecular flexibility index (Phi) is 6.35. The number of piperazine rings is 1. The van der Waals surface area contributed by atoms with Gasteiger partial charge in [0.1, 0.15) is 5.60 Å². The van der Waals surface area contributed by atoms with Crippen LogP contribution in [0.4, 0.5) is 5.69 Å². The van der Waals surface area contributed by atoms with Crippen LogP contribution in [-0.4, -0.2) is 42.7 Å². The Hall–Kier alpha value is -1.66. The largest absolute Gasteiger partial charge is 0.483 e. The van der Waals surface area contributed by atoms with Gasteiger partial charge in [0.05, 0.1) is 16.8 Å². The summed E-state index contributed by atoms with van der Waals surface area (Å²) in [6.07, 6.45) is 2.02. The van der Waals surface area contributed by atoms with Gasteiger partial charge >= 0.3 is 0 Å². The highest BCUT2D eigenvalue weighted by atomic mass is 35.5. The van der Waals surface area contributed by atoms with Gasteiger partial charge in [-0.2, -0.15) is 0 Å². The standard InChI is InChI=1S/C23H28Cl2N2O3/c1-23(2)14-15-5-3-7-20(21(15)30-23)29-22-18(6-4-12-28)26-10-11-27(22)19-9-8-16(24)13-17(19)25/h3,5,7-9,13,18,22,26,28H,4,6,10-12,14H2,1-2H3.